The molecule has 2 fully saturated rings. The Balaban J connectivity index is 2.01. The molecule has 0 aromatic carbocycles. The van der Waals surface area contributed by atoms with Gasteiger partial charge < -0.3 is 10.4 Å². The van der Waals surface area contributed by atoms with Crippen LogP contribution in [0.1, 0.15) is 45.4 Å². The van der Waals surface area contributed by atoms with Gasteiger partial charge in [0.15, 0.2) is 9.84 Å². The van der Waals surface area contributed by atoms with E-state index in [9.17, 15) is 13.5 Å². The Morgan fingerprint density at radius 3 is 2.56 bits per heavy atom. The van der Waals surface area contributed by atoms with Gasteiger partial charge in [-0.1, -0.05) is 19.8 Å². The predicted molar refractivity (Wildman–Crippen MR) is 72.3 cm³/mol. The van der Waals surface area contributed by atoms with Crippen molar-refractivity contribution >= 4 is 9.84 Å². The van der Waals surface area contributed by atoms with Crippen molar-refractivity contribution < 1.29 is 13.5 Å². The lowest BCUT2D eigenvalue weighted by atomic mass is 9.90. The Morgan fingerprint density at radius 2 is 1.94 bits per heavy atom. The number of hydrogen-bond acceptors (Lipinski definition) is 4. The smallest absolute Gasteiger partial charge is 0.155 e. The third-order valence-corrected chi connectivity index (χ3v) is 6.78. The topological polar surface area (TPSA) is 66.4 Å². The maximum absolute atomic E-state index is 12.4. The number of piperidine rings is 1. The van der Waals surface area contributed by atoms with Gasteiger partial charge in [-0.2, -0.15) is 0 Å². The van der Waals surface area contributed by atoms with Gasteiger partial charge >= 0.3 is 0 Å². The molecule has 5 heteroatoms. The Hall–Kier alpha value is -0.130. The van der Waals surface area contributed by atoms with E-state index in [-0.39, 0.29) is 11.0 Å². The molecule has 0 aromatic heterocycles. The van der Waals surface area contributed by atoms with Gasteiger partial charge in [0, 0.05) is 0 Å². The van der Waals surface area contributed by atoms with E-state index >= 15 is 0 Å². The van der Waals surface area contributed by atoms with Gasteiger partial charge in [-0.3, -0.25) is 0 Å². The number of hydrogen-bond donors (Lipinski definition) is 2. The highest BCUT2D eigenvalue weighted by Crippen LogP contribution is 2.31. The molecule has 2 atom stereocenters. The molecule has 2 aliphatic rings. The molecule has 2 rings (SSSR count). The fraction of sp³-hybridized carbons (Fsp3) is 1.00. The zero-order chi connectivity index (χ0) is 13.2. The Morgan fingerprint density at radius 1 is 1.28 bits per heavy atom. The van der Waals surface area contributed by atoms with Crippen LogP contribution in [0.25, 0.3) is 0 Å². The van der Waals surface area contributed by atoms with Crippen LogP contribution >= 0.6 is 0 Å². The molecule has 106 valence electrons. The third-order valence-electron chi connectivity index (χ3n) is 4.40. The van der Waals surface area contributed by atoms with E-state index in [1.165, 1.54) is 0 Å². The first-order valence-electron chi connectivity index (χ1n) is 7.06. The van der Waals surface area contributed by atoms with E-state index < -0.39 is 15.4 Å². The highest BCUT2D eigenvalue weighted by molar-refractivity contribution is 7.92. The Bertz CT molecular complexity index is 374. The molecule has 2 N–H and O–H groups in total. The van der Waals surface area contributed by atoms with Gasteiger partial charge in [-0.25, -0.2) is 8.42 Å². The van der Waals surface area contributed by atoms with Crippen molar-refractivity contribution in [3.05, 3.63) is 0 Å². The first kappa shape index (κ1) is 14.3. The molecule has 18 heavy (non-hydrogen) atoms. The number of sulfone groups is 1. The summed E-state index contributed by atoms with van der Waals surface area (Å²) >= 11 is 0. The molecule has 4 nitrogen and oxygen atoms in total. The normalized spacial score (nSPS) is 33.2. The largest absolute Gasteiger partial charge is 0.389 e. The first-order chi connectivity index (χ1) is 8.41. The van der Waals surface area contributed by atoms with E-state index in [4.69, 9.17) is 0 Å². The fourth-order valence-electron chi connectivity index (χ4n) is 3.23. The quantitative estimate of drug-likeness (QED) is 0.809. The molecule has 2 unspecified atom stereocenters. The minimum atomic E-state index is -3.15. The summed E-state index contributed by atoms with van der Waals surface area (Å²) in [7, 11) is -3.15. The van der Waals surface area contributed by atoms with Gasteiger partial charge in [-0.05, 0) is 44.7 Å². The molecule has 1 aliphatic carbocycles. The first-order valence-corrected chi connectivity index (χ1v) is 8.77. The van der Waals surface area contributed by atoms with Gasteiger partial charge in [0.05, 0.1) is 16.6 Å². The van der Waals surface area contributed by atoms with Crippen molar-refractivity contribution in [3.63, 3.8) is 0 Å². The SMILES string of the molecule is CC1CCCC(S(=O)(=O)CC2(O)CCNCC2)C1. The monoisotopic (exact) mass is 275 g/mol. The molecule has 0 bridgehead atoms. The molecule has 1 saturated heterocycles. The molecular formula is C13H25NO3S. The van der Waals surface area contributed by atoms with Crippen molar-refractivity contribution in [3.8, 4) is 0 Å². The molecule has 1 heterocycles. The molecule has 1 saturated carbocycles. The second-order valence-corrected chi connectivity index (χ2v) is 8.46. The molecular weight excluding hydrogens is 250 g/mol. The minimum Gasteiger partial charge on any atom is -0.389 e. The minimum absolute atomic E-state index is 0.0426. The summed E-state index contributed by atoms with van der Waals surface area (Å²) in [6.45, 7) is 3.56. The predicted octanol–water partition coefficient (Wildman–Crippen LogP) is 1.09. The fourth-order valence-corrected chi connectivity index (χ4v) is 5.65. The lowest BCUT2D eigenvalue weighted by molar-refractivity contribution is 0.0320. The zero-order valence-electron chi connectivity index (χ0n) is 11.2. The van der Waals surface area contributed by atoms with Crippen LogP contribution in [0.3, 0.4) is 0 Å². The number of rotatable bonds is 3. The standard InChI is InChI=1S/C13H25NO3S/c1-11-3-2-4-12(9-11)18(16,17)10-13(15)5-7-14-8-6-13/h11-12,14-15H,2-10H2,1H3. The van der Waals surface area contributed by atoms with Gasteiger partial charge in [-0.15, -0.1) is 0 Å². The van der Waals surface area contributed by atoms with Crippen molar-refractivity contribution in [2.75, 3.05) is 18.8 Å². The van der Waals surface area contributed by atoms with Crippen LogP contribution in [-0.4, -0.2) is 43.2 Å². The third kappa shape index (κ3) is 3.45. The average Bonchev–Trinajstić information content (AvgIpc) is 2.28. The summed E-state index contributed by atoms with van der Waals surface area (Å²) in [4.78, 5) is 0. The summed E-state index contributed by atoms with van der Waals surface area (Å²) in [5, 5.41) is 13.3. The second-order valence-electron chi connectivity index (χ2n) is 6.18. The molecule has 1 aliphatic heterocycles. The lowest BCUT2D eigenvalue weighted by Crippen LogP contribution is -2.48. The highest BCUT2D eigenvalue weighted by atomic mass is 32.2. The summed E-state index contributed by atoms with van der Waals surface area (Å²) in [6.07, 6.45) is 4.80. The highest BCUT2D eigenvalue weighted by Gasteiger charge is 2.39. The van der Waals surface area contributed by atoms with Crippen LogP contribution in [0.15, 0.2) is 0 Å². The molecule has 0 amide bonds. The average molecular weight is 275 g/mol. The lowest BCUT2D eigenvalue weighted by Gasteiger charge is -2.35. The summed E-state index contributed by atoms with van der Waals surface area (Å²) < 4.78 is 24.8. The Labute approximate surface area is 110 Å². The van der Waals surface area contributed by atoms with E-state index in [1.807, 2.05) is 0 Å². The van der Waals surface area contributed by atoms with Crippen LogP contribution in [0.5, 0.6) is 0 Å². The van der Waals surface area contributed by atoms with Gasteiger partial charge in [0.2, 0.25) is 0 Å². The maximum atomic E-state index is 12.4. The Kier molecular flexibility index (Phi) is 4.34. The molecule has 0 aromatic rings. The van der Waals surface area contributed by atoms with E-state index in [1.54, 1.807) is 0 Å². The van der Waals surface area contributed by atoms with Crippen LogP contribution in [0.4, 0.5) is 0 Å². The van der Waals surface area contributed by atoms with Crippen molar-refractivity contribution in [2.24, 2.45) is 5.92 Å². The molecule has 0 radical (unpaired) electrons. The van der Waals surface area contributed by atoms with E-state index in [2.05, 4.69) is 12.2 Å². The van der Waals surface area contributed by atoms with Crippen LogP contribution < -0.4 is 5.32 Å². The van der Waals surface area contributed by atoms with Gasteiger partial charge in [0.25, 0.3) is 0 Å². The number of aliphatic hydroxyl groups is 1. The van der Waals surface area contributed by atoms with Crippen molar-refractivity contribution in [2.45, 2.75) is 56.3 Å². The summed E-state index contributed by atoms with van der Waals surface area (Å²) in [5.74, 6) is 0.459. The van der Waals surface area contributed by atoms with Gasteiger partial charge in [0.1, 0.15) is 0 Å². The molecule has 0 spiro atoms. The van der Waals surface area contributed by atoms with Crippen molar-refractivity contribution in [1.29, 1.82) is 0 Å². The van der Waals surface area contributed by atoms with Crippen LogP contribution in [-0.2, 0) is 9.84 Å². The zero-order valence-corrected chi connectivity index (χ0v) is 12.0. The summed E-state index contributed by atoms with van der Waals surface area (Å²) in [5.41, 5.74) is -0.995. The van der Waals surface area contributed by atoms with E-state index in [0.29, 0.717) is 31.8 Å². The maximum Gasteiger partial charge on any atom is 0.155 e. The van der Waals surface area contributed by atoms with Crippen molar-refractivity contribution in [1.82, 2.24) is 5.32 Å². The number of nitrogens with one attached hydrogen (secondary N) is 1. The van der Waals surface area contributed by atoms with E-state index in [0.717, 1.165) is 25.7 Å². The van der Waals surface area contributed by atoms with Crippen LogP contribution in [0.2, 0.25) is 0 Å². The second kappa shape index (κ2) is 5.47. The van der Waals surface area contributed by atoms with Crippen LogP contribution in [0, 0.1) is 5.92 Å². The summed E-state index contributed by atoms with van der Waals surface area (Å²) in [6, 6.07) is 0.